The molecule has 0 saturated heterocycles. The highest BCUT2D eigenvalue weighted by atomic mass is 35.5. The quantitative estimate of drug-likeness (QED) is 0.483. The molecule has 7 heteroatoms. The zero-order valence-corrected chi connectivity index (χ0v) is 17.2. The topological polar surface area (TPSA) is 71.1 Å². The van der Waals surface area contributed by atoms with E-state index in [1.54, 1.807) is 24.3 Å². The fourth-order valence-corrected chi connectivity index (χ4v) is 3.67. The van der Waals surface area contributed by atoms with Crippen LogP contribution in [-0.2, 0) is 11.2 Å². The molecule has 1 heterocycles. The highest BCUT2D eigenvalue weighted by molar-refractivity contribution is 7.99. The molecular weight excluding hydrogens is 394 g/mol. The second-order valence-corrected chi connectivity index (χ2v) is 7.70. The molecule has 2 amide bonds. The summed E-state index contributed by atoms with van der Waals surface area (Å²) >= 11 is 7.16. The van der Waals surface area contributed by atoms with E-state index >= 15 is 0 Å². The van der Waals surface area contributed by atoms with Crippen molar-refractivity contribution in [3.8, 4) is 0 Å². The molecule has 1 aromatic heterocycles. The maximum absolute atomic E-state index is 12.1. The molecule has 0 aliphatic heterocycles. The van der Waals surface area contributed by atoms with Crippen LogP contribution < -0.4 is 10.9 Å². The SMILES string of the molecule is CCc1cc2ccc(C)cc2nc1SCC(=O)NNC(=O)c1ccc(Cl)cc1. The van der Waals surface area contributed by atoms with Crippen molar-refractivity contribution < 1.29 is 9.59 Å². The number of carbonyl (C=O) groups excluding carboxylic acids is 2. The van der Waals surface area contributed by atoms with Crippen LogP contribution in [0.2, 0.25) is 5.02 Å². The molecule has 0 fully saturated rings. The van der Waals surface area contributed by atoms with E-state index in [1.807, 2.05) is 13.0 Å². The lowest BCUT2D eigenvalue weighted by Gasteiger charge is -2.10. The molecule has 28 heavy (non-hydrogen) atoms. The number of hydrogen-bond donors (Lipinski definition) is 2. The van der Waals surface area contributed by atoms with Crippen molar-refractivity contribution in [3.05, 3.63) is 70.2 Å². The predicted molar refractivity (Wildman–Crippen MR) is 114 cm³/mol. The third-order valence-electron chi connectivity index (χ3n) is 4.16. The molecule has 0 aliphatic rings. The summed E-state index contributed by atoms with van der Waals surface area (Å²) in [5, 5.41) is 2.47. The summed E-state index contributed by atoms with van der Waals surface area (Å²) < 4.78 is 0. The monoisotopic (exact) mass is 413 g/mol. The first-order valence-electron chi connectivity index (χ1n) is 8.84. The number of aryl methyl sites for hydroxylation is 2. The number of hydrazine groups is 1. The van der Waals surface area contributed by atoms with E-state index < -0.39 is 5.91 Å². The van der Waals surface area contributed by atoms with Gasteiger partial charge in [0.1, 0.15) is 5.03 Å². The fraction of sp³-hybridized carbons (Fsp3) is 0.190. The summed E-state index contributed by atoms with van der Waals surface area (Å²) in [6.45, 7) is 4.09. The second kappa shape index (κ2) is 9.08. The molecular formula is C21H20ClN3O2S. The first-order valence-corrected chi connectivity index (χ1v) is 10.2. The Labute approximate surface area is 172 Å². The van der Waals surface area contributed by atoms with Crippen LogP contribution in [-0.4, -0.2) is 22.6 Å². The van der Waals surface area contributed by atoms with Gasteiger partial charge in [-0.15, -0.1) is 0 Å². The minimum atomic E-state index is -0.399. The summed E-state index contributed by atoms with van der Waals surface area (Å²) in [6, 6.07) is 14.7. The van der Waals surface area contributed by atoms with Crippen LogP contribution in [0, 0.1) is 6.92 Å². The van der Waals surface area contributed by atoms with E-state index in [1.165, 1.54) is 11.8 Å². The fourth-order valence-electron chi connectivity index (χ4n) is 2.65. The van der Waals surface area contributed by atoms with Gasteiger partial charge in [-0.05, 0) is 60.9 Å². The summed E-state index contributed by atoms with van der Waals surface area (Å²) in [5.41, 5.74) is 8.40. The Bertz CT molecular complexity index is 1020. The van der Waals surface area contributed by atoms with Gasteiger partial charge in [-0.3, -0.25) is 20.4 Å². The number of halogens is 1. The molecule has 3 aromatic rings. The van der Waals surface area contributed by atoms with Crippen LogP contribution in [0.3, 0.4) is 0 Å². The number of pyridine rings is 1. The van der Waals surface area contributed by atoms with E-state index in [2.05, 4.69) is 36.0 Å². The molecule has 0 atom stereocenters. The lowest BCUT2D eigenvalue weighted by molar-refractivity contribution is -0.119. The lowest BCUT2D eigenvalue weighted by atomic mass is 10.1. The summed E-state index contributed by atoms with van der Waals surface area (Å²) in [4.78, 5) is 28.9. The molecule has 5 nitrogen and oxygen atoms in total. The minimum Gasteiger partial charge on any atom is -0.272 e. The van der Waals surface area contributed by atoms with Crippen molar-refractivity contribution in [1.29, 1.82) is 0 Å². The first-order chi connectivity index (χ1) is 13.5. The maximum atomic E-state index is 12.1. The third-order valence-corrected chi connectivity index (χ3v) is 5.44. The van der Waals surface area contributed by atoms with E-state index in [0.29, 0.717) is 10.6 Å². The van der Waals surface area contributed by atoms with Gasteiger partial charge in [0.05, 0.1) is 11.3 Å². The Morgan fingerprint density at radius 3 is 2.54 bits per heavy atom. The standard InChI is InChI=1S/C21H20ClN3O2S/c1-3-14-11-16-5-4-13(2)10-18(16)23-21(14)28-12-19(26)24-25-20(27)15-6-8-17(22)9-7-15/h4-11H,3,12H2,1-2H3,(H,24,26)(H,25,27). The van der Waals surface area contributed by atoms with Crippen LogP contribution in [0.15, 0.2) is 53.6 Å². The Kier molecular flexibility index (Phi) is 6.54. The van der Waals surface area contributed by atoms with Gasteiger partial charge in [-0.1, -0.05) is 42.4 Å². The first kappa shape index (κ1) is 20.2. The van der Waals surface area contributed by atoms with Gasteiger partial charge in [0, 0.05) is 16.0 Å². The molecule has 2 aromatic carbocycles. The largest absolute Gasteiger partial charge is 0.272 e. The average molecular weight is 414 g/mol. The van der Waals surface area contributed by atoms with E-state index in [4.69, 9.17) is 16.6 Å². The van der Waals surface area contributed by atoms with Crippen molar-refractivity contribution in [2.45, 2.75) is 25.3 Å². The second-order valence-electron chi connectivity index (χ2n) is 6.30. The number of hydrogen-bond acceptors (Lipinski definition) is 4. The Morgan fingerprint density at radius 1 is 1.07 bits per heavy atom. The van der Waals surface area contributed by atoms with E-state index in [0.717, 1.165) is 33.5 Å². The Balaban J connectivity index is 1.60. The van der Waals surface area contributed by atoms with Crippen LogP contribution in [0.5, 0.6) is 0 Å². The number of nitrogens with one attached hydrogen (secondary N) is 2. The van der Waals surface area contributed by atoms with Crippen molar-refractivity contribution >= 4 is 46.1 Å². The maximum Gasteiger partial charge on any atom is 0.269 e. The molecule has 3 rings (SSSR count). The van der Waals surface area contributed by atoms with Gasteiger partial charge in [-0.2, -0.15) is 0 Å². The molecule has 0 bridgehead atoms. The summed E-state index contributed by atoms with van der Waals surface area (Å²) in [5.74, 6) is -0.554. The van der Waals surface area contributed by atoms with Gasteiger partial charge in [0.15, 0.2) is 0 Å². The number of fused-ring (bicyclic) bond motifs is 1. The molecule has 2 N–H and O–H groups in total. The van der Waals surface area contributed by atoms with Crippen LogP contribution in [0.4, 0.5) is 0 Å². The van der Waals surface area contributed by atoms with Crippen LogP contribution in [0.1, 0.15) is 28.4 Å². The number of carbonyl (C=O) groups is 2. The smallest absolute Gasteiger partial charge is 0.269 e. The molecule has 0 unspecified atom stereocenters. The molecule has 144 valence electrons. The molecule has 0 saturated carbocycles. The van der Waals surface area contributed by atoms with Crippen LogP contribution in [0.25, 0.3) is 10.9 Å². The lowest BCUT2D eigenvalue weighted by Crippen LogP contribution is -2.42. The van der Waals surface area contributed by atoms with E-state index in [-0.39, 0.29) is 11.7 Å². The van der Waals surface area contributed by atoms with Gasteiger partial charge in [-0.25, -0.2) is 4.98 Å². The summed E-state index contributed by atoms with van der Waals surface area (Å²) in [7, 11) is 0. The van der Waals surface area contributed by atoms with Crippen LogP contribution >= 0.6 is 23.4 Å². The summed E-state index contributed by atoms with van der Waals surface area (Å²) in [6.07, 6.45) is 0.827. The van der Waals surface area contributed by atoms with Crippen molar-refractivity contribution in [2.75, 3.05) is 5.75 Å². The third kappa shape index (κ3) is 5.03. The van der Waals surface area contributed by atoms with Gasteiger partial charge < -0.3 is 0 Å². The number of nitrogens with zero attached hydrogens (tertiary/aromatic N) is 1. The number of thioether (sulfide) groups is 1. The predicted octanol–water partition coefficient (Wildman–Crippen LogP) is 4.31. The number of benzene rings is 2. The highest BCUT2D eigenvalue weighted by Gasteiger charge is 2.11. The average Bonchev–Trinajstić information content (AvgIpc) is 2.70. The number of aromatic nitrogens is 1. The highest BCUT2D eigenvalue weighted by Crippen LogP contribution is 2.26. The molecule has 0 spiro atoms. The zero-order valence-electron chi connectivity index (χ0n) is 15.6. The number of amides is 2. The zero-order chi connectivity index (χ0) is 20.1. The van der Waals surface area contributed by atoms with Crippen molar-refractivity contribution in [2.24, 2.45) is 0 Å². The molecule has 0 radical (unpaired) electrons. The van der Waals surface area contributed by atoms with Gasteiger partial charge in [0.2, 0.25) is 5.91 Å². The van der Waals surface area contributed by atoms with Crippen molar-refractivity contribution in [3.63, 3.8) is 0 Å². The Hall–Kier alpha value is -2.57. The number of rotatable bonds is 5. The minimum absolute atomic E-state index is 0.151. The van der Waals surface area contributed by atoms with E-state index in [9.17, 15) is 9.59 Å². The van der Waals surface area contributed by atoms with Crippen molar-refractivity contribution in [1.82, 2.24) is 15.8 Å². The van der Waals surface area contributed by atoms with Gasteiger partial charge >= 0.3 is 0 Å². The molecule has 0 aliphatic carbocycles. The Morgan fingerprint density at radius 2 is 1.82 bits per heavy atom. The normalized spacial score (nSPS) is 10.7. The van der Waals surface area contributed by atoms with Gasteiger partial charge in [0.25, 0.3) is 5.91 Å².